The average Bonchev–Trinajstić information content (AvgIpc) is 2.96. The number of hydrogen-bond acceptors (Lipinski definition) is 6. The molecule has 2 saturated heterocycles. The third-order valence-electron chi connectivity index (χ3n) is 7.69. The number of amides is 2. The SMILES string of the molecule is COCCCOc1cc(C(=O)N(C(C)C)[C@@H]2CCCNC2)ccc1-c1cc(C(=O)N2CCC(O)CC2)ccc1F. The van der Waals surface area contributed by atoms with Crippen molar-refractivity contribution in [3.63, 3.8) is 0 Å². The van der Waals surface area contributed by atoms with Crippen molar-refractivity contribution in [1.82, 2.24) is 15.1 Å². The van der Waals surface area contributed by atoms with Crippen molar-refractivity contribution < 1.29 is 28.6 Å². The number of aliphatic hydroxyl groups is 1. The maximum atomic E-state index is 15.3. The van der Waals surface area contributed by atoms with Gasteiger partial charge in [0, 0.05) is 74.1 Å². The molecule has 0 saturated carbocycles. The average molecular weight is 556 g/mol. The van der Waals surface area contributed by atoms with Gasteiger partial charge in [-0.05, 0) is 82.5 Å². The van der Waals surface area contributed by atoms with Crippen LogP contribution in [0.5, 0.6) is 5.75 Å². The van der Waals surface area contributed by atoms with Gasteiger partial charge >= 0.3 is 0 Å². The predicted octanol–water partition coefficient (Wildman–Crippen LogP) is 4.11. The highest BCUT2D eigenvalue weighted by atomic mass is 19.1. The van der Waals surface area contributed by atoms with Gasteiger partial charge in [-0.25, -0.2) is 4.39 Å². The Morgan fingerprint density at radius 2 is 1.82 bits per heavy atom. The lowest BCUT2D eigenvalue weighted by Crippen LogP contribution is -2.51. The van der Waals surface area contributed by atoms with E-state index < -0.39 is 11.9 Å². The first kappa shape index (κ1) is 30.0. The number of hydrogen-bond donors (Lipinski definition) is 2. The van der Waals surface area contributed by atoms with Crippen molar-refractivity contribution >= 4 is 11.8 Å². The third kappa shape index (κ3) is 7.19. The van der Waals surface area contributed by atoms with Gasteiger partial charge in [0.15, 0.2) is 0 Å². The first-order valence-electron chi connectivity index (χ1n) is 14.4. The lowest BCUT2D eigenvalue weighted by atomic mass is 9.97. The minimum Gasteiger partial charge on any atom is -0.493 e. The smallest absolute Gasteiger partial charge is 0.254 e. The highest BCUT2D eigenvalue weighted by Crippen LogP contribution is 2.35. The number of nitrogens with zero attached hydrogens (tertiary/aromatic N) is 2. The Morgan fingerprint density at radius 3 is 2.50 bits per heavy atom. The molecule has 2 fully saturated rings. The molecule has 0 spiro atoms. The molecule has 9 heteroatoms. The van der Waals surface area contributed by atoms with Crippen LogP contribution in [-0.2, 0) is 4.74 Å². The first-order valence-corrected chi connectivity index (χ1v) is 14.4. The molecule has 1 atom stereocenters. The minimum atomic E-state index is -0.483. The van der Waals surface area contributed by atoms with E-state index in [1.807, 2.05) is 18.7 Å². The van der Waals surface area contributed by atoms with E-state index in [9.17, 15) is 14.7 Å². The van der Waals surface area contributed by atoms with Crippen molar-refractivity contribution in [2.24, 2.45) is 0 Å². The molecule has 2 N–H and O–H groups in total. The minimum absolute atomic E-state index is 0.0131. The number of carbonyl (C=O) groups is 2. The van der Waals surface area contributed by atoms with Crippen LogP contribution < -0.4 is 10.1 Å². The number of halogens is 1. The van der Waals surface area contributed by atoms with E-state index in [0.29, 0.717) is 68.0 Å². The summed E-state index contributed by atoms with van der Waals surface area (Å²) in [6.07, 6.45) is 3.24. The molecule has 0 aliphatic carbocycles. The van der Waals surface area contributed by atoms with Crippen LogP contribution in [0.15, 0.2) is 36.4 Å². The maximum absolute atomic E-state index is 15.3. The molecule has 0 radical (unpaired) electrons. The van der Waals surface area contributed by atoms with Gasteiger partial charge in [0.1, 0.15) is 11.6 Å². The number of nitrogens with one attached hydrogen (secondary N) is 1. The molecule has 2 amide bonds. The summed E-state index contributed by atoms with van der Waals surface area (Å²) in [6.45, 7) is 7.50. The topological polar surface area (TPSA) is 91.3 Å². The van der Waals surface area contributed by atoms with Gasteiger partial charge in [0.25, 0.3) is 11.8 Å². The summed E-state index contributed by atoms with van der Waals surface area (Å²) in [7, 11) is 1.62. The maximum Gasteiger partial charge on any atom is 0.254 e. The summed E-state index contributed by atoms with van der Waals surface area (Å²) in [5.74, 6) is -0.384. The highest BCUT2D eigenvalue weighted by Gasteiger charge is 2.29. The van der Waals surface area contributed by atoms with Crippen LogP contribution in [0.1, 0.15) is 66.7 Å². The zero-order chi connectivity index (χ0) is 28.6. The van der Waals surface area contributed by atoms with Crippen molar-refractivity contribution in [2.75, 3.05) is 46.5 Å². The summed E-state index contributed by atoms with van der Waals surface area (Å²) in [5.41, 5.74) is 1.56. The second kappa shape index (κ2) is 14.1. The van der Waals surface area contributed by atoms with E-state index in [1.54, 1.807) is 36.3 Å². The zero-order valence-corrected chi connectivity index (χ0v) is 23.8. The van der Waals surface area contributed by atoms with Gasteiger partial charge in [0.05, 0.1) is 12.7 Å². The zero-order valence-electron chi connectivity index (χ0n) is 23.8. The van der Waals surface area contributed by atoms with Gasteiger partial charge < -0.3 is 29.7 Å². The summed E-state index contributed by atoms with van der Waals surface area (Å²) in [6, 6.07) is 9.56. The summed E-state index contributed by atoms with van der Waals surface area (Å²) >= 11 is 0. The quantitative estimate of drug-likeness (QED) is 0.429. The number of aliphatic hydroxyl groups excluding tert-OH is 1. The van der Waals surface area contributed by atoms with Crippen molar-refractivity contribution in [2.45, 2.75) is 64.1 Å². The largest absolute Gasteiger partial charge is 0.493 e. The third-order valence-corrected chi connectivity index (χ3v) is 7.69. The fourth-order valence-electron chi connectivity index (χ4n) is 5.54. The van der Waals surface area contributed by atoms with E-state index >= 15 is 4.39 Å². The number of carbonyl (C=O) groups excluding carboxylic acids is 2. The van der Waals surface area contributed by atoms with Gasteiger partial charge in [-0.15, -0.1) is 0 Å². The van der Waals surface area contributed by atoms with Crippen molar-refractivity contribution in [3.8, 4) is 16.9 Å². The van der Waals surface area contributed by atoms with E-state index in [0.717, 1.165) is 25.9 Å². The van der Waals surface area contributed by atoms with Gasteiger partial charge in [-0.1, -0.05) is 0 Å². The molecular formula is C31H42FN3O5. The van der Waals surface area contributed by atoms with Crippen LogP contribution in [0.4, 0.5) is 4.39 Å². The monoisotopic (exact) mass is 555 g/mol. The second-order valence-electron chi connectivity index (χ2n) is 10.9. The molecule has 2 heterocycles. The Labute approximate surface area is 236 Å². The van der Waals surface area contributed by atoms with Crippen molar-refractivity contribution in [1.29, 1.82) is 0 Å². The summed E-state index contributed by atoms with van der Waals surface area (Å²) in [4.78, 5) is 30.5. The molecule has 8 nitrogen and oxygen atoms in total. The van der Waals surface area contributed by atoms with Crippen LogP contribution in [0.3, 0.4) is 0 Å². The van der Waals surface area contributed by atoms with Gasteiger partial charge in [-0.3, -0.25) is 9.59 Å². The molecule has 40 heavy (non-hydrogen) atoms. The van der Waals surface area contributed by atoms with E-state index in [2.05, 4.69) is 5.32 Å². The Bertz CT molecular complexity index is 1160. The van der Waals surface area contributed by atoms with E-state index in [1.165, 1.54) is 12.1 Å². The molecule has 2 aliphatic rings. The van der Waals surface area contributed by atoms with Crippen molar-refractivity contribution in [3.05, 3.63) is 53.3 Å². The molecule has 2 aromatic carbocycles. The molecule has 0 bridgehead atoms. The molecule has 2 aliphatic heterocycles. The number of rotatable bonds is 10. The Hall–Kier alpha value is -3.01. The fraction of sp³-hybridized carbons (Fsp3) is 0.548. The van der Waals surface area contributed by atoms with Gasteiger partial charge in [-0.2, -0.15) is 0 Å². The number of benzene rings is 2. The Kier molecular flexibility index (Phi) is 10.5. The number of piperidine rings is 2. The molecule has 4 rings (SSSR count). The molecule has 0 unspecified atom stereocenters. The molecular weight excluding hydrogens is 513 g/mol. The van der Waals surface area contributed by atoms with Crippen LogP contribution in [0.2, 0.25) is 0 Å². The second-order valence-corrected chi connectivity index (χ2v) is 10.9. The molecule has 2 aromatic rings. The lowest BCUT2D eigenvalue weighted by molar-refractivity contribution is 0.0544. The number of likely N-dealkylation sites (tertiary alicyclic amines) is 1. The van der Waals surface area contributed by atoms with Crippen LogP contribution in [0, 0.1) is 5.82 Å². The Morgan fingerprint density at radius 1 is 1.07 bits per heavy atom. The predicted molar refractivity (Wildman–Crippen MR) is 152 cm³/mol. The summed E-state index contributed by atoms with van der Waals surface area (Å²) in [5, 5.41) is 13.2. The summed E-state index contributed by atoms with van der Waals surface area (Å²) < 4.78 is 26.5. The highest BCUT2D eigenvalue weighted by molar-refractivity contribution is 5.97. The standard InChI is InChI=1S/C31H42FN3O5/c1-21(2)35(24-6-4-13-33-20-24)31(38)23-7-9-26(29(19-23)40-17-5-16-39-3)27-18-22(8-10-28(27)32)30(37)34-14-11-25(36)12-15-34/h7-10,18-19,21,24-25,33,36H,4-6,11-17,20H2,1-3H3/t24-/m1/s1. The Balaban J connectivity index is 1.66. The lowest BCUT2D eigenvalue weighted by Gasteiger charge is -2.37. The van der Waals surface area contributed by atoms with Crippen LogP contribution in [0.25, 0.3) is 11.1 Å². The fourth-order valence-corrected chi connectivity index (χ4v) is 5.54. The van der Waals surface area contributed by atoms with Crippen LogP contribution >= 0.6 is 0 Å². The first-order chi connectivity index (χ1) is 19.3. The van der Waals surface area contributed by atoms with Crippen LogP contribution in [-0.4, -0.2) is 91.4 Å². The molecule has 0 aromatic heterocycles. The van der Waals surface area contributed by atoms with E-state index in [-0.39, 0.29) is 29.5 Å². The number of ether oxygens (including phenoxy) is 2. The number of methoxy groups -OCH3 is 1. The normalized spacial score (nSPS) is 18.1. The van der Waals surface area contributed by atoms with Gasteiger partial charge in [0.2, 0.25) is 0 Å². The van der Waals surface area contributed by atoms with E-state index in [4.69, 9.17) is 9.47 Å². The molecule has 218 valence electrons.